The van der Waals surface area contributed by atoms with Crippen molar-refractivity contribution in [2.75, 3.05) is 0 Å². The van der Waals surface area contributed by atoms with Gasteiger partial charge < -0.3 is 19.9 Å². The van der Waals surface area contributed by atoms with Gasteiger partial charge in [0.25, 0.3) is 0 Å². The zero-order chi connectivity index (χ0) is 17.8. The maximum atomic E-state index is 11.9. The minimum absolute atomic E-state index is 0.0200. The van der Waals surface area contributed by atoms with Crippen LogP contribution in [-0.2, 0) is 15.1 Å². The average Bonchev–Trinajstić information content (AvgIpc) is 2.35. The molecule has 0 heterocycles. The second kappa shape index (κ2) is 6.89. The monoisotopic (exact) mass is 323 g/mol. The molecule has 0 spiro atoms. The first-order valence-electron chi connectivity index (χ1n) is 7.46. The number of carboxylic acids is 1. The second-order valence-electron chi connectivity index (χ2n) is 6.75. The molecule has 1 amide bonds. The summed E-state index contributed by atoms with van der Waals surface area (Å²) >= 11 is 0. The summed E-state index contributed by atoms with van der Waals surface area (Å²) in [4.78, 5) is 23.6. The van der Waals surface area contributed by atoms with Gasteiger partial charge in [0.1, 0.15) is 11.4 Å². The van der Waals surface area contributed by atoms with Crippen molar-refractivity contribution in [3.63, 3.8) is 0 Å². The minimum atomic E-state index is -1.60. The van der Waals surface area contributed by atoms with Gasteiger partial charge in [0.05, 0.1) is 6.10 Å². The maximum Gasteiger partial charge on any atom is 0.408 e. The number of amides is 1. The lowest BCUT2D eigenvalue weighted by atomic mass is 9.92. The number of hydrogen-bond acceptors (Lipinski definition) is 4. The van der Waals surface area contributed by atoms with Crippen LogP contribution in [-0.4, -0.2) is 28.9 Å². The molecule has 6 heteroatoms. The van der Waals surface area contributed by atoms with E-state index in [2.05, 4.69) is 5.32 Å². The molecule has 0 aliphatic carbocycles. The van der Waals surface area contributed by atoms with E-state index in [-0.39, 0.29) is 6.10 Å². The Bertz CT molecular complexity index is 559. The summed E-state index contributed by atoms with van der Waals surface area (Å²) in [5.74, 6) is -0.547. The van der Waals surface area contributed by atoms with E-state index in [1.807, 2.05) is 13.8 Å². The molecule has 0 saturated heterocycles. The average molecular weight is 323 g/mol. The van der Waals surface area contributed by atoms with E-state index in [0.29, 0.717) is 11.3 Å². The number of alkyl carbamates (subject to hydrolysis) is 1. The zero-order valence-electron chi connectivity index (χ0n) is 14.5. The van der Waals surface area contributed by atoms with Gasteiger partial charge in [-0.25, -0.2) is 9.59 Å². The smallest absolute Gasteiger partial charge is 0.408 e. The number of aliphatic carboxylic acids is 1. The predicted octanol–water partition coefficient (Wildman–Crippen LogP) is 3.30. The lowest BCUT2D eigenvalue weighted by Crippen LogP contribution is -2.51. The van der Waals surface area contributed by atoms with E-state index in [4.69, 9.17) is 9.47 Å². The Morgan fingerprint density at radius 2 is 1.61 bits per heavy atom. The van der Waals surface area contributed by atoms with Crippen LogP contribution < -0.4 is 10.1 Å². The van der Waals surface area contributed by atoms with Gasteiger partial charge >= 0.3 is 12.1 Å². The van der Waals surface area contributed by atoms with Gasteiger partial charge in [-0.05, 0) is 59.2 Å². The first-order chi connectivity index (χ1) is 10.4. The SMILES string of the molecule is CC(C)Oc1ccc([C@](C)(NC(=O)OC(C)(C)C)C(=O)O)cc1. The zero-order valence-corrected chi connectivity index (χ0v) is 14.5. The predicted molar refractivity (Wildman–Crippen MR) is 86.6 cm³/mol. The van der Waals surface area contributed by atoms with Crippen molar-refractivity contribution in [3.8, 4) is 5.75 Å². The van der Waals surface area contributed by atoms with Gasteiger partial charge in [-0.1, -0.05) is 12.1 Å². The summed E-state index contributed by atoms with van der Waals surface area (Å²) in [7, 11) is 0. The van der Waals surface area contributed by atoms with Gasteiger partial charge in [0, 0.05) is 0 Å². The summed E-state index contributed by atoms with van der Waals surface area (Å²) in [6.45, 7) is 10.4. The van der Waals surface area contributed by atoms with Crippen molar-refractivity contribution in [2.45, 2.75) is 58.8 Å². The molecule has 0 aliphatic rings. The molecule has 1 aromatic carbocycles. The van der Waals surface area contributed by atoms with Gasteiger partial charge in [0.2, 0.25) is 0 Å². The van der Waals surface area contributed by atoms with Gasteiger partial charge in [-0.2, -0.15) is 0 Å². The van der Waals surface area contributed by atoms with Crippen LogP contribution in [0.2, 0.25) is 0 Å². The topological polar surface area (TPSA) is 84.9 Å². The Balaban J connectivity index is 3.00. The molecule has 0 radical (unpaired) electrons. The lowest BCUT2D eigenvalue weighted by molar-refractivity contribution is -0.144. The Kier molecular flexibility index (Phi) is 5.64. The molecule has 0 aliphatic heterocycles. The molecular formula is C17H25NO5. The molecule has 6 nitrogen and oxygen atoms in total. The molecule has 0 saturated carbocycles. The number of carbonyl (C=O) groups excluding carboxylic acids is 1. The number of ether oxygens (including phenoxy) is 2. The van der Waals surface area contributed by atoms with Gasteiger partial charge in [-0.15, -0.1) is 0 Å². The van der Waals surface area contributed by atoms with Crippen LogP contribution in [0, 0.1) is 0 Å². The van der Waals surface area contributed by atoms with E-state index in [1.165, 1.54) is 6.92 Å². The Morgan fingerprint density at radius 3 is 2.00 bits per heavy atom. The number of carbonyl (C=O) groups is 2. The van der Waals surface area contributed by atoms with E-state index in [9.17, 15) is 14.7 Å². The van der Waals surface area contributed by atoms with Crippen LogP contribution in [0.1, 0.15) is 47.1 Å². The molecule has 128 valence electrons. The maximum absolute atomic E-state index is 11.9. The van der Waals surface area contributed by atoms with E-state index >= 15 is 0 Å². The summed E-state index contributed by atoms with van der Waals surface area (Å²) in [6, 6.07) is 6.58. The number of rotatable bonds is 5. The molecule has 1 atom stereocenters. The fourth-order valence-electron chi connectivity index (χ4n) is 1.90. The fraction of sp³-hybridized carbons (Fsp3) is 0.529. The summed E-state index contributed by atoms with van der Waals surface area (Å²) in [5, 5.41) is 12.0. The van der Waals surface area contributed by atoms with Crippen molar-refractivity contribution in [1.29, 1.82) is 0 Å². The van der Waals surface area contributed by atoms with Gasteiger partial charge in [-0.3, -0.25) is 0 Å². The third-order valence-corrected chi connectivity index (χ3v) is 2.98. The Labute approximate surface area is 136 Å². The molecular weight excluding hydrogens is 298 g/mol. The first kappa shape index (κ1) is 18.8. The third kappa shape index (κ3) is 5.47. The van der Waals surface area contributed by atoms with Crippen LogP contribution in [0.5, 0.6) is 5.75 Å². The Hall–Kier alpha value is -2.24. The van der Waals surface area contributed by atoms with Crippen LogP contribution in [0.15, 0.2) is 24.3 Å². The van der Waals surface area contributed by atoms with Crippen molar-refractivity contribution in [3.05, 3.63) is 29.8 Å². The fourth-order valence-corrected chi connectivity index (χ4v) is 1.90. The molecule has 0 bridgehead atoms. The quantitative estimate of drug-likeness (QED) is 0.868. The highest BCUT2D eigenvalue weighted by molar-refractivity contribution is 5.85. The van der Waals surface area contributed by atoms with Crippen molar-refractivity contribution < 1.29 is 24.2 Å². The molecule has 0 aromatic heterocycles. The highest BCUT2D eigenvalue weighted by Gasteiger charge is 2.38. The van der Waals surface area contributed by atoms with Crippen LogP contribution in [0.3, 0.4) is 0 Å². The number of benzene rings is 1. The normalized spacial score (nSPS) is 14.0. The van der Waals surface area contributed by atoms with Crippen LogP contribution in [0.4, 0.5) is 4.79 Å². The summed E-state index contributed by atoms with van der Waals surface area (Å²) in [5.41, 5.74) is -1.89. The highest BCUT2D eigenvalue weighted by Crippen LogP contribution is 2.25. The Morgan fingerprint density at radius 1 is 1.09 bits per heavy atom. The summed E-state index contributed by atoms with van der Waals surface area (Å²) in [6.07, 6.45) is -0.767. The van der Waals surface area contributed by atoms with Gasteiger partial charge in [0.15, 0.2) is 5.54 Å². The first-order valence-corrected chi connectivity index (χ1v) is 7.46. The summed E-state index contributed by atoms with van der Waals surface area (Å²) < 4.78 is 10.7. The molecule has 0 fully saturated rings. The minimum Gasteiger partial charge on any atom is -0.491 e. The third-order valence-electron chi connectivity index (χ3n) is 2.98. The molecule has 2 N–H and O–H groups in total. The van der Waals surface area contributed by atoms with Crippen molar-refractivity contribution >= 4 is 12.1 Å². The molecule has 1 aromatic rings. The largest absolute Gasteiger partial charge is 0.491 e. The highest BCUT2D eigenvalue weighted by atomic mass is 16.6. The van der Waals surface area contributed by atoms with E-state index in [1.54, 1.807) is 45.0 Å². The van der Waals surface area contributed by atoms with Crippen LogP contribution in [0.25, 0.3) is 0 Å². The number of hydrogen-bond donors (Lipinski definition) is 2. The standard InChI is InChI=1S/C17H25NO5/c1-11(2)22-13-9-7-12(8-10-13)17(6,14(19)20)18-15(21)23-16(3,4)5/h7-11H,1-6H3,(H,18,21)(H,19,20)/t17-/m0/s1. The number of carboxylic acid groups (broad SMARTS) is 1. The number of nitrogens with one attached hydrogen (secondary N) is 1. The molecule has 23 heavy (non-hydrogen) atoms. The van der Waals surface area contributed by atoms with Crippen LogP contribution >= 0.6 is 0 Å². The van der Waals surface area contributed by atoms with E-state index in [0.717, 1.165) is 0 Å². The molecule has 0 unspecified atom stereocenters. The second-order valence-corrected chi connectivity index (χ2v) is 6.75. The van der Waals surface area contributed by atoms with E-state index < -0.39 is 23.2 Å². The molecule has 1 rings (SSSR count). The lowest BCUT2D eigenvalue weighted by Gasteiger charge is -2.29. The van der Waals surface area contributed by atoms with Crippen molar-refractivity contribution in [2.24, 2.45) is 0 Å². The van der Waals surface area contributed by atoms with Crippen molar-refractivity contribution in [1.82, 2.24) is 5.32 Å².